The second-order valence-corrected chi connectivity index (χ2v) is 4.33. The molecule has 0 aromatic carbocycles. The minimum absolute atomic E-state index is 0.163. The third-order valence-electron chi connectivity index (χ3n) is 3.16. The lowest BCUT2D eigenvalue weighted by Gasteiger charge is -2.37. The van der Waals surface area contributed by atoms with Crippen molar-refractivity contribution in [3.8, 4) is 0 Å². The Balaban J connectivity index is 2.73. The topological polar surface area (TPSA) is 20.3 Å². The fraction of sp³-hybridized carbons (Fsp3) is 0.727. The average Bonchev–Trinajstić information content (AvgIpc) is 2.50. The minimum Gasteiger partial charge on any atom is -0.373 e. The Morgan fingerprint density at radius 3 is 2.46 bits per heavy atom. The lowest BCUT2D eigenvalue weighted by molar-refractivity contribution is -0.114. The van der Waals surface area contributed by atoms with Gasteiger partial charge < -0.3 is 4.90 Å². The van der Waals surface area contributed by atoms with Crippen LogP contribution in [0.2, 0.25) is 0 Å². The molecule has 13 heavy (non-hydrogen) atoms. The van der Waals surface area contributed by atoms with E-state index in [4.69, 9.17) is 0 Å². The molecular formula is C11H19NO. The standard InChI is InChI=1S/C11H19NO/c1-5-11(2,3)12(4)9-6-7-10(13)8-9/h8H,5-7H2,1-4H3. The molecule has 0 N–H and O–H groups in total. The predicted octanol–water partition coefficient (Wildman–Crippen LogP) is 2.35. The number of allylic oxidation sites excluding steroid dienone is 2. The molecule has 0 saturated heterocycles. The molecule has 0 fully saturated rings. The van der Waals surface area contributed by atoms with Crippen molar-refractivity contribution in [2.45, 2.75) is 45.6 Å². The molecule has 2 heteroatoms. The van der Waals surface area contributed by atoms with Crippen LogP contribution in [0.4, 0.5) is 0 Å². The number of carbonyl (C=O) groups is 1. The summed E-state index contributed by atoms with van der Waals surface area (Å²) in [5.74, 6) is 0.272. The first kappa shape index (κ1) is 10.3. The highest BCUT2D eigenvalue weighted by molar-refractivity contribution is 5.92. The Bertz CT molecular complexity index is 240. The summed E-state index contributed by atoms with van der Waals surface area (Å²) < 4.78 is 0. The van der Waals surface area contributed by atoms with Crippen molar-refractivity contribution in [3.05, 3.63) is 11.8 Å². The highest BCUT2D eigenvalue weighted by atomic mass is 16.1. The van der Waals surface area contributed by atoms with Crippen molar-refractivity contribution in [1.82, 2.24) is 4.90 Å². The highest BCUT2D eigenvalue weighted by Crippen LogP contribution is 2.26. The summed E-state index contributed by atoms with van der Waals surface area (Å²) in [6.45, 7) is 6.58. The van der Waals surface area contributed by atoms with Gasteiger partial charge in [-0.25, -0.2) is 0 Å². The van der Waals surface area contributed by atoms with Gasteiger partial charge in [-0.15, -0.1) is 0 Å². The van der Waals surface area contributed by atoms with Gasteiger partial charge in [-0.3, -0.25) is 4.79 Å². The molecule has 0 bridgehead atoms. The first-order chi connectivity index (χ1) is 5.97. The molecule has 1 aliphatic carbocycles. The lowest BCUT2D eigenvalue weighted by atomic mass is 9.99. The summed E-state index contributed by atoms with van der Waals surface area (Å²) in [6, 6.07) is 0. The summed E-state index contributed by atoms with van der Waals surface area (Å²) in [4.78, 5) is 13.3. The van der Waals surface area contributed by atoms with Crippen LogP contribution < -0.4 is 0 Å². The summed E-state index contributed by atoms with van der Waals surface area (Å²) >= 11 is 0. The second-order valence-electron chi connectivity index (χ2n) is 4.33. The Hall–Kier alpha value is -0.790. The molecule has 0 unspecified atom stereocenters. The molecule has 0 aromatic rings. The van der Waals surface area contributed by atoms with E-state index < -0.39 is 0 Å². The smallest absolute Gasteiger partial charge is 0.157 e. The Morgan fingerprint density at radius 1 is 1.46 bits per heavy atom. The van der Waals surface area contributed by atoms with Crippen LogP contribution in [0.25, 0.3) is 0 Å². The third-order valence-corrected chi connectivity index (χ3v) is 3.16. The molecule has 1 aliphatic rings. The third kappa shape index (κ3) is 2.11. The van der Waals surface area contributed by atoms with Crippen LogP contribution >= 0.6 is 0 Å². The van der Waals surface area contributed by atoms with Crippen molar-refractivity contribution >= 4 is 5.78 Å². The van der Waals surface area contributed by atoms with Gasteiger partial charge in [0.05, 0.1) is 0 Å². The SMILES string of the molecule is CCC(C)(C)N(C)C1=CC(=O)CC1. The number of rotatable bonds is 3. The molecule has 0 radical (unpaired) electrons. The number of nitrogens with zero attached hydrogens (tertiary/aromatic N) is 1. The largest absolute Gasteiger partial charge is 0.373 e. The maximum absolute atomic E-state index is 11.1. The fourth-order valence-corrected chi connectivity index (χ4v) is 1.47. The number of carbonyl (C=O) groups excluding carboxylic acids is 1. The van der Waals surface area contributed by atoms with E-state index in [1.165, 1.54) is 5.70 Å². The van der Waals surface area contributed by atoms with Gasteiger partial charge in [-0.2, -0.15) is 0 Å². The van der Waals surface area contributed by atoms with Gasteiger partial charge in [0.15, 0.2) is 5.78 Å². The second kappa shape index (κ2) is 3.52. The summed E-state index contributed by atoms with van der Waals surface area (Å²) in [5.41, 5.74) is 1.35. The number of hydrogen-bond acceptors (Lipinski definition) is 2. The molecule has 0 spiro atoms. The van der Waals surface area contributed by atoms with Crippen LogP contribution in [0, 0.1) is 0 Å². The molecule has 1 rings (SSSR count). The fourth-order valence-electron chi connectivity index (χ4n) is 1.47. The van der Waals surface area contributed by atoms with Crippen LogP contribution in [0.5, 0.6) is 0 Å². The van der Waals surface area contributed by atoms with Crippen LogP contribution in [0.3, 0.4) is 0 Å². The van der Waals surface area contributed by atoms with Crippen molar-refractivity contribution in [2.24, 2.45) is 0 Å². The normalized spacial score (nSPS) is 17.5. The Kier molecular flexibility index (Phi) is 2.79. The molecule has 74 valence electrons. The van der Waals surface area contributed by atoms with Crippen LogP contribution in [0.15, 0.2) is 11.8 Å². The van der Waals surface area contributed by atoms with Crippen LogP contribution in [-0.4, -0.2) is 23.3 Å². The van der Waals surface area contributed by atoms with Gasteiger partial charge in [-0.05, 0) is 26.7 Å². The average molecular weight is 181 g/mol. The first-order valence-electron chi connectivity index (χ1n) is 4.94. The summed E-state index contributed by atoms with van der Waals surface area (Å²) in [6.07, 6.45) is 4.49. The van der Waals surface area contributed by atoms with E-state index in [2.05, 4.69) is 32.7 Å². The quantitative estimate of drug-likeness (QED) is 0.666. The van der Waals surface area contributed by atoms with E-state index in [0.29, 0.717) is 6.42 Å². The van der Waals surface area contributed by atoms with E-state index in [1.807, 2.05) is 0 Å². The molecule has 0 heterocycles. The van der Waals surface area contributed by atoms with Crippen LogP contribution in [-0.2, 0) is 4.79 Å². The van der Waals surface area contributed by atoms with Gasteiger partial charge >= 0.3 is 0 Å². The van der Waals surface area contributed by atoms with E-state index >= 15 is 0 Å². The van der Waals surface area contributed by atoms with Crippen molar-refractivity contribution in [3.63, 3.8) is 0 Å². The van der Waals surface area contributed by atoms with Gasteiger partial charge in [0, 0.05) is 30.8 Å². The van der Waals surface area contributed by atoms with Crippen LogP contribution in [0.1, 0.15) is 40.0 Å². The van der Waals surface area contributed by atoms with Crippen molar-refractivity contribution in [1.29, 1.82) is 0 Å². The van der Waals surface area contributed by atoms with Gasteiger partial charge in [0.2, 0.25) is 0 Å². The van der Waals surface area contributed by atoms with Gasteiger partial charge in [0.25, 0.3) is 0 Å². The number of hydrogen-bond donors (Lipinski definition) is 0. The van der Waals surface area contributed by atoms with Gasteiger partial charge in [0.1, 0.15) is 0 Å². The summed E-state index contributed by atoms with van der Waals surface area (Å²) in [5, 5.41) is 0. The monoisotopic (exact) mass is 181 g/mol. The van der Waals surface area contributed by atoms with E-state index in [-0.39, 0.29) is 11.3 Å². The Morgan fingerprint density at radius 2 is 2.08 bits per heavy atom. The predicted molar refractivity (Wildman–Crippen MR) is 54.5 cm³/mol. The van der Waals surface area contributed by atoms with Gasteiger partial charge in [-0.1, -0.05) is 6.92 Å². The van der Waals surface area contributed by atoms with Crippen molar-refractivity contribution < 1.29 is 4.79 Å². The van der Waals surface area contributed by atoms with Crippen molar-refractivity contribution in [2.75, 3.05) is 7.05 Å². The van der Waals surface area contributed by atoms with E-state index in [0.717, 1.165) is 12.8 Å². The highest BCUT2D eigenvalue weighted by Gasteiger charge is 2.25. The molecule has 0 amide bonds. The molecule has 2 nitrogen and oxygen atoms in total. The molecule has 0 aliphatic heterocycles. The zero-order chi connectivity index (χ0) is 10.1. The molecule has 0 atom stereocenters. The van der Waals surface area contributed by atoms with E-state index in [9.17, 15) is 4.79 Å². The lowest BCUT2D eigenvalue weighted by Crippen LogP contribution is -2.39. The van der Waals surface area contributed by atoms with E-state index in [1.54, 1.807) is 6.08 Å². The zero-order valence-corrected chi connectivity index (χ0v) is 9.05. The Labute approximate surface area is 80.6 Å². The maximum atomic E-state index is 11.1. The molecular weight excluding hydrogens is 162 g/mol. The minimum atomic E-state index is 0.163. The first-order valence-corrected chi connectivity index (χ1v) is 4.94. The molecule has 0 saturated carbocycles. The number of ketones is 1. The molecule has 0 aromatic heterocycles. The zero-order valence-electron chi connectivity index (χ0n) is 9.05. The summed E-state index contributed by atoms with van der Waals surface area (Å²) in [7, 11) is 2.08. The maximum Gasteiger partial charge on any atom is 0.157 e.